The molecule has 0 bridgehead atoms. The zero-order chi connectivity index (χ0) is 20.5. The van der Waals surface area contributed by atoms with Gasteiger partial charge in [-0.05, 0) is 42.0 Å². The third-order valence-electron chi connectivity index (χ3n) is 4.04. The zero-order valence-electron chi connectivity index (χ0n) is 16.3. The van der Waals surface area contributed by atoms with Gasteiger partial charge in [0.1, 0.15) is 31.0 Å². The number of carbonyl (C=O) groups excluding carboxylic acids is 1. The second kappa shape index (κ2) is 9.94. The van der Waals surface area contributed by atoms with E-state index in [1.54, 1.807) is 18.2 Å². The molecule has 1 N–H and O–H groups in total. The number of nitrogens with zero attached hydrogens (tertiary/aromatic N) is 1. The standard InChI is InChI=1S/C23H22N2O4/c1-24-23(26)22(25-27-2)20-13-6-7-14-21(20)29-19-12-8-9-17(15-19)16-28-18-10-4-3-5-11-18/h3-15H,16H2,1-2H3,(H,24,26). The number of oxime groups is 1. The van der Waals surface area contributed by atoms with Gasteiger partial charge in [0.25, 0.3) is 5.91 Å². The van der Waals surface area contributed by atoms with Crippen LogP contribution in [0.15, 0.2) is 84.0 Å². The minimum atomic E-state index is -0.368. The van der Waals surface area contributed by atoms with Crippen molar-refractivity contribution in [3.05, 3.63) is 90.0 Å². The third kappa shape index (κ3) is 5.35. The molecule has 0 saturated heterocycles. The van der Waals surface area contributed by atoms with E-state index in [9.17, 15) is 4.79 Å². The Balaban J connectivity index is 1.80. The van der Waals surface area contributed by atoms with Crippen LogP contribution in [0.25, 0.3) is 0 Å². The van der Waals surface area contributed by atoms with Crippen LogP contribution in [0, 0.1) is 0 Å². The maximum absolute atomic E-state index is 12.2. The summed E-state index contributed by atoms with van der Waals surface area (Å²) in [6.45, 7) is 0.414. The number of nitrogens with one attached hydrogen (secondary N) is 1. The molecule has 1 amide bonds. The molecule has 0 aromatic heterocycles. The number of hydrogen-bond donors (Lipinski definition) is 1. The summed E-state index contributed by atoms with van der Waals surface area (Å²) in [6, 6.07) is 24.4. The highest BCUT2D eigenvalue weighted by molar-refractivity contribution is 6.45. The Labute approximate surface area is 169 Å². The Kier molecular flexibility index (Phi) is 6.84. The fraction of sp³-hybridized carbons (Fsp3) is 0.130. The number of carbonyl (C=O) groups is 1. The first-order chi connectivity index (χ1) is 14.2. The van der Waals surface area contributed by atoms with Crippen LogP contribution < -0.4 is 14.8 Å². The molecule has 0 saturated carbocycles. The smallest absolute Gasteiger partial charge is 0.273 e. The van der Waals surface area contributed by atoms with Crippen LogP contribution in [0.3, 0.4) is 0 Å². The first-order valence-electron chi connectivity index (χ1n) is 9.08. The lowest BCUT2D eigenvalue weighted by molar-refractivity contribution is -0.114. The molecule has 29 heavy (non-hydrogen) atoms. The van der Waals surface area contributed by atoms with Crippen molar-refractivity contribution >= 4 is 11.6 Å². The average Bonchev–Trinajstić information content (AvgIpc) is 2.77. The first kappa shape index (κ1) is 19.9. The molecule has 148 valence electrons. The van der Waals surface area contributed by atoms with E-state index in [0.29, 0.717) is 23.7 Å². The minimum absolute atomic E-state index is 0.133. The monoisotopic (exact) mass is 390 g/mol. The third-order valence-corrected chi connectivity index (χ3v) is 4.04. The number of benzene rings is 3. The van der Waals surface area contributed by atoms with Gasteiger partial charge in [0.2, 0.25) is 0 Å². The Morgan fingerprint density at radius 3 is 2.41 bits per heavy atom. The molecule has 3 aromatic carbocycles. The lowest BCUT2D eigenvalue weighted by atomic mass is 10.1. The van der Waals surface area contributed by atoms with Crippen LogP contribution in [0.5, 0.6) is 17.2 Å². The number of para-hydroxylation sites is 2. The van der Waals surface area contributed by atoms with E-state index in [-0.39, 0.29) is 11.6 Å². The van der Waals surface area contributed by atoms with E-state index in [4.69, 9.17) is 14.3 Å². The summed E-state index contributed by atoms with van der Waals surface area (Å²) in [6.07, 6.45) is 0. The summed E-state index contributed by atoms with van der Waals surface area (Å²) in [5, 5.41) is 6.41. The lowest BCUT2D eigenvalue weighted by Gasteiger charge is -2.13. The maximum atomic E-state index is 12.2. The number of likely N-dealkylation sites (N-methyl/N-ethyl adjacent to an activating group) is 1. The number of ether oxygens (including phenoxy) is 2. The topological polar surface area (TPSA) is 69.2 Å². The van der Waals surface area contributed by atoms with Crippen molar-refractivity contribution in [1.82, 2.24) is 5.32 Å². The van der Waals surface area contributed by atoms with Gasteiger partial charge in [-0.15, -0.1) is 0 Å². The van der Waals surface area contributed by atoms with E-state index in [0.717, 1.165) is 11.3 Å². The second-order valence-corrected chi connectivity index (χ2v) is 6.05. The van der Waals surface area contributed by atoms with Gasteiger partial charge in [-0.25, -0.2) is 0 Å². The summed E-state index contributed by atoms with van der Waals surface area (Å²) in [7, 11) is 2.93. The van der Waals surface area contributed by atoms with Gasteiger partial charge in [0, 0.05) is 7.05 Å². The average molecular weight is 390 g/mol. The maximum Gasteiger partial charge on any atom is 0.273 e. The molecule has 0 radical (unpaired) electrons. The largest absolute Gasteiger partial charge is 0.489 e. The van der Waals surface area contributed by atoms with Crippen LogP contribution in [0.2, 0.25) is 0 Å². The van der Waals surface area contributed by atoms with Gasteiger partial charge in [-0.2, -0.15) is 0 Å². The van der Waals surface area contributed by atoms with Crippen LogP contribution in [-0.2, 0) is 16.2 Å². The molecule has 0 spiro atoms. The summed E-state index contributed by atoms with van der Waals surface area (Å²) < 4.78 is 11.8. The number of rotatable bonds is 8. The van der Waals surface area contributed by atoms with Crippen molar-refractivity contribution in [3.63, 3.8) is 0 Å². The molecular formula is C23H22N2O4. The molecule has 0 atom stereocenters. The lowest BCUT2D eigenvalue weighted by Crippen LogP contribution is -2.28. The van der Waals surface area contributed by atoms with Crippen molar-refractivity contribution in [2.75, 3.05) is 14.2 Å². The van der Waals surface area contributed by atoms with Gasteiger partial charge in [0.05, 0.1) is 5.56 Å². The Morgan fingerprint density at radius 2 is 1.66 bits per heavy atom. The summed E-state index contributed by atoms with van der Waals surface area (Å²) >= 11 is 0. The fourth-order valence-corrected chi connectivity index (χ4v) is 2.68. The molecule has 6 heteroatoms. The predicted octanol–water partition coefficient (Wildman–Crippen LogP) is 4.15. The van der Waals surface area contributed by atoms with Crippen molar-refractivity contribution in [2.24, 2.45) is 5.16 Å². The predicted molar refractivity (Wildman–Crippen MR) is 111 cm³/mol. The molecular weight excluding hydrogens is 368 g/mol. The second-order valence-electron chi connectivity index (χ2n) is 6.05. The zero-order valence-corrected chi connectivity index (χ0v) is 16.3. The van der Waals surface area contributed by atoms with E-state index < -0.39 is 0 Å². The van der Waals surface area contributed by atoms with Gasteiger partial charge in [0.15, 0.2) is 5.71 Å². The van der Waals surface area contributed by atoms with Crippen molar-refractivity contribution < 1.29 is 19.1 Å². The molecule has 0 fully saturated rings. The molecule has 6 nitrogen and oxygen atoms in total. The highest BCUT2D eigenvalue weighted by Crippen LogP contribution is 2.27. The van der Waals surface area contributed by atoms with Crippen LogP contribution in [-0.4, -0.2) is 25.8 Å². The van der Waals surface area contributed by atoms with E-state index >= 15 is 0 Å². The van der Waals surface area contributed by atoms with Gasteiger partial charge < -0.3 is 19.6 Å². The molecule has 0 aliphatic rings. The normalized spacial score (nSPS) is 10.9. The molecule has 3 aromatic rings. The summed E-state index contributed by atoms with van der Waals surface area (Å²) in [5.41, 5.74) is 1.62. The quantitative estimate of drug-likeness (QED) is 0.463. The molecule has 0 unspecified atom stereocenters. The first-order valence-corrected chi connectivity index (χ1v) is 9.08. The Morgan fingerprint density at radius 1 is 0.931 bits per heavy atom. The van der Waals surface area contributed by atoms with Gasteiger partial charge in [-0.1, -0.05) is 47.6 Å². The summed E-state index contributed by atoms with van der Waals surface area (Å²) in [5.74, 6) is 1.55. The van der Waals surface area contributed by atoms with Gasteiger partial charge >= 0.3 is 0 Å². The Bertz CT molecular complexity index is 987. The number of amides is 1. The van der Waals surface area contributed by atoms with Gasteiger partial charge in [-0.3, -0.25) is 4.79 Å². The van der Waals surface area contributed by atoms with Crippen LogP contribution >= 0.6 is 0 Å². The fourth-order valence-electron chi connectivity index (χ4n) is 2.68. The van der Waals surface area contributed by atoms with E-state index in [2.05, 4.69) is 10.5 Å². The highest BCUT2D eigenvalue weighted by Gasteiger charge is 2.18. The number of hydrogen-bond acceptors (Lipinski definition) is 5. The van der Waals surface area contributed by atoms with Crippen molar-refractivity contribution in [1.29, 1.82) is 0 Å². The molecule has 0 aliphatic heterocycles. The van der Waals surface area contributed by atoms with Crippen LogP contribution in [0.4, 0.5) is 0 Å². The highest BCUT2D eigenvalue weighted by atomic mass is 16.6. The summed E-state index contributed by atoms with van der Waals surface area (Å²) in [4.78, 5) is 17.0. The molecule has 0 aliphatic carbocycles. The Hall–Kier alpha value is -3.80. The van der Waals surface area contributed by atoms with E-state index in [1.165, 1.54) is 14.2 Å². The van der Waals surface area contributed by atoms with Crippen molar-refractivity contribution in [3.8, 4) is 17.2 Å². The molecule has 3 rings (SSSR count). The molecule has 0 heterocycles. The van der Waals surface area contributed by atoms with E-state index in [1.807, 2.05) is 60.7 Å². The minimum Gasteiger partial charge on any atom is -0.489 e. The van der Waals surface area contributed by atoms with Crippen LogP contribution in [0.1, 0.15) is 11.1 Å². The SMILES string of the molecule is CNC(=O)C(=NOC)c1ccccc1Oc1cccc(COc2ccccc2)c1. The van der Waals surface area contributed by atoms with Crippen molar-refractivity contribution in [2.45, 2.75) is 6.61 Å².